The zero-order chi connectivity index (χ0) is 17.9. The lowest BCUT2D eigenvalue weighted by Gasteiger charge is -2.26. The first-order valence-electron chi connectivity index (χ1n) is 10.1. The average Bonchev–Trinajstić information content (AvgIpc) is 3.49. The van der Waals surface area contributed by atoms with Gasteiger partial charge in [0.25, 0.3) is 5.78 Å². The van der Waals surface area contributed by atoms with Crippen molar-refractivity contribution in [3.63, 3.8) is 0 Å². The van der Waals surface area contributed by atoms with Gasteiger partial charge in [0.15, 0.2) is 0 Å². The van der Waals surface area contributed by atoms with Crippen LogP contribution in [0.3, 0.4) is 0 Å². The van der Waals surface area contributed by atoms with Crippen LogP contribution in [-0.2, 0) is 9.47 Å². The fraction of sp³-hybridized carbons (Fsp3) is 0.737. The summed E-state index contributed by atoms with van der Waals surface area (Å²) in [6, 6.07) is 2.21. The molecule has 0 aliphatic carbocycles. The molecule has 4 fully saturated rings. The van der Waals surface area contributed by atoms with E-state index in [-0.39, 0.29) is 0 Å². The molecule has 2 aromatic rings. The topological polar surface area (TPSA) is 68.0 Å². The fourth-order valence-corrected chi connectivity index (χ4v) is 5.38. The lowest BCUT2D eigenvalue weighted by Crippen LogP contribution is -2.30. The Morgan fingerprint density at radius 3 is 2.30 bits per heavy atom. The van der Waals surface area contributed by atoms with Crippen molar-refractivity contribution < 1.29 is 9.47 Å². The predicted molar refractivity (Wildman–Crippen MR) is 100 cm³/mol. The molecule has 0 N–H and O–H groups in total. The molecule has 2 atom stereocenters. The van der Waals surface area contributed by atoms with Crippen LogP contribution in [-0.4, -0.2) is 72.2 Å². The normalized spacial score (nSPS) is 33.5. The van der Waals surface area contributed by atoms with Crippen molar-refractivity contribution >= 4 is 17.4 Å². The van der Waals surface area contributed by atoms with Crippen LogP contribution in [0, 0.1) is 10.8 Å². The third kappa shape index (κ3) is 2.53. The minimum Gasteiger partial charge on any atom is -0.381 e. The molecule has 0 unspecified atom stereocenters. The summed E-state index contributed by atoms with van der Waals surface area (Å²) in [6.45, 7) is 7.71. The van der Waals surface area contributed by atoms with E-state index < -0.39 is 0 Å². The fourth-order valence-electron chi connectivity index (χ4n) is 5.38. The van der Waals surface area contributed by atoms with Crippen molar-refractivity contribution in [2.45, 2.75) is 25.7 Å². The lowest BCUT2D eigenvalue weighted by atomic mass is 9.87. The summed E-state index contributed by atoms with van der Waals surface area (Å²) < 4.78 is 13.3. The number of hydrogen-bond donors (Lipinski definition) is 0. The molecule has 4 aliphatic rings. The minimum atomic E-state index is 0.315. The maximum absolute atomic E-state index is 5.70. The Bertz CT molecular complexity index is 855. The predicted octanol–water partition coefficient (Wildman–Crippen LogP) is 1.36. The first-order chi connectivity index (χ1) is 13.2. The summed E-state index contributed by atoms with van der Waals surface area (Å²) in [4.78, 5) is 14.1. The van der Waals surface area contributed by atoms with Crippen molar-refractivity contribution in [1.82, 2.24) is 19.6 Å². The van der Waals surface area contributed by atoms with Crippen LogP contribution in [0.1, 0.15) is 25.7 Å². The van der Waals surface area contributed by atoms with Crippen molar-refractivity contribution in [3.05, 3.63) is 12.4 Å². The Kier molecular flexibility index (Phi) is 3.44. The van der Waals surface area contributed by atoms with Gasteiger partial charge >= 0.3 is 0 Å². The van der Waals surface area contributed by atoms with Crippen LogP contribution in [0.15, 0.2) is 12.4 Å². The van der Waals surface area contributed by atoms with E-state index in [0.29, 0.717) is 16.6 Å². The average molecular weight is 370 g/mol. The molecule has 0 radical (unpaired) electrons. The van der Waals surface area contributed by atoms with E-state index in [2.05, 4.69) is 25.9 Å². The molecular weight excluding hydrogens is 344 g/mol. The van der Waals surface area contributed by atoms with Gasteiger partial charge in [-0.3, -0.25) is 0 Å². The molecular formula is C19H26N6O2. The Balaban J connectivity index is 1.33. The Morgan fingerprint density at radius 1 is 0.889 bits per heavy atom. The third-order valence-corrected chi connectivity index (χ3v) is 7.11. The zero-order valence-corrected chi connectivity index (χ0v) is 15.6. The SMILES string of the molecule is c1nc2nc(N3CC[C@]4(CCOC4)C3)cc(N3CC[C@@]4(CCOC4)C3)n2n1. The van der Waals surface area contributed by atoms with E-state index in [4.69, 9.17) is 14.5 Å². The molecule has 2 spiro atoms. The van der Waals surface area contributed by atoms with Gasteiger partial charge in [0.05, 0.1) is 13.2 Å². The molecule has 144 valence electrons. The van der Waals surface area contributed by atoms with E-state index in [1.807, 2.05) is 4.52 Å². The Morgan fingerprint density at radius 2 is 1.59 bits per heavy atom. The summed E-state index contributed by atoms with van der Waals surface area (Å²) in [6.07, 6.45) is 6.31. The number of fused-ring (bicyclic) bond motifs is 1. The quantitative estimate of drug-likeness (QED) is 0.791. The zero-order valence-electron chi connectivity index (χ0n) is 15.6. The summed E-state index contributed by atoms with van der Waals surface area (Å²) in [5.41, 5.74) is 0.635. The number of nitrogens with zero attached hydrogens (tertiary/aromatic N) is 6. The number of ether oxygens (including phenoxy) is 2. The highest BCUT2D eigenvalue weighted by atomic mass is 16.5. The monoisotopic (exact) mass is 370 g/mol. The van der Waals surface area contributed by atoms with Crippen molar-refractivity contribution in [2.75, 3.05) is 62.4 Å². The summed E-state index contributed by atoms with van der Waals surface area (Å²) in [5, 5.41) is 4.45. The van der Waals surface area contributed by atoms with E-state index >= 15 is 0 Å². The molecule has 2 aromatic heterocycles. The van der Waals surface area contributed by atoms with Gasteiger partial charge in [0.2, 0.25) is 0 Å². The van der Waals surface area contributed by atoms with E-state index in [1.165, 1.54) is 12.8 Å². The van der Waals surface area contributed by atoms with Gasteiger partial charge in [0, 0.05) is 56.3 Å². The summed E-state index contributed by atoms with van der Waals surface area (Å²) in [5.74, 6) is 2.83. The van der Waals surface area contributed by atoms with Crippen LogP contribution < -0.4 is 9.80 Å². The standard InChI is InChI=1S/C19H26N6O2/c1-5-23(10-18(1)3-7-26-12-18)15-9-16(25-17(22-15)20-14-21-25)24-6-2-19(11-24)4-8-27-13-19/h9,14H,1-8,10-13H2/t18-,19+/m0/s1. The summed E-state index contributed by atoms with van der Waals surface area (Å²) >= 11 is 0. The first kappa shape index (κ1) is 16.1. The molecule has 6 heterocycles. The largest absolute Gasteiger partial charge is 0.381 e. The molecule has 0 saturated carbocycles. The van der Waals surface area contributed by atoms with Crippen LogP contribution in [0.5, 0.6) is 0 Å². The van der Waals surface area contributed by atoms with Gasteiger partial charge in [-0.05, 0) is 25.7 Å². The van der Waals surface area contributed by atoms with Crippen LogP contribution in [0.2, 0.25) is 0 Å². The second kappa shape index (κ2) is 5.78. The smallest absolute Gasteiger partial charge is 0.256 e. The van der Waals surface area contributed by atoms with Gasteiger partial charge in [-0.25, -0.2) is 0 Å². The number of anilines is 2. The lowest BCUT2D eigenvalue weighted by molar-refractivity contribution is 0.160. The van der Waals surface area contributed by atoms with Gasteiger partial charge in [-0.2, -0.15) is 19.6 Å². The molecule has 27 heavy (non-hydrogen) atoms. The van der Waals surface area contributed by atoms with E-state index in [1.54, 1.807) is 6.33 Å². The molecule has 0 amide bonds. The highest BCUT2D eigenvalue weighted by Gasteiger charge is 2.43. The van der Waals surface area contributed by atoms with Gasteiger partial charge < -0.3 is 19.3 Å². The number of rotatable bonds is 2. The van der Waals surface area contributed by atoms with Gasteiger partial charge in [0.1, 0.15) is 18.0 Å². The Hall–Kier alpha value is -1.93. The second-order valence-electron chi connectivity index (χ2n) is 8.89. The van der Waals surface area contributed by atoms with Gasteiger partial charge in [-0.1, -0.05) is 0 Å². The van der Waals surface area contributed by atoms with Crippen LogP contribution in [0.25, 0.3) is 5.78 Å². The highest BCUT2D eigenvalue weighted by molar-refractivity contribution is 5.58. The molecule has 8 nitrogen and oxygen atoms in total. The highest BCUT2D eigenvalue weighted by Crippen LogP contribution is 2.42. The van der Waals surface area contributed by atoms with Crippen LogP contribution in [0.4, 0.5) is 11.6 Å². The van der Waals surface area contributed by atoms with Crippen molar-refractivity contribution in [3.8, 4) is 0 Å². The van der Waals surface area contributed by atoms with Crippen molar-refractivity contribution in [1.29, 1.82) is 0 Å². The maximum Gasteiger partial charge on any atom is 0.256 e. The molecule has 6 rings (SSSR count). The molecule has 8 heteroatoms. The molecule has 0 aromatic carbocycles. The van der Waals surface area contributed by atoms with E-state index in [0.717, 1.165) is 77.1 Å². The number of aromatic nitrogens is 4. The number of hydrogen-bond acceptors (Lipinski definition) is 7. The second-order valence-corrected chi connectivity index (χ2v) is 8.89. The first-order valence-corrected chi connectivity index (χ1v) is 10.1. The Labute approximate surface area is 158 Å². The maximum atomic E-state index is 5.70. The van der Waals surface area contributed by atoms with Crippen molar-refractivity contribution in [2.24, 2.45) is 10.8 Å². The molecule has 0 bridgehead atoms. The van der Waals surface area contributed by atoms with Crippen LogP contribution >= 0.6 is 0 Å². The van der Waals surface area contributed by atoms with E-state index in [9.17, 15) is 0 Å². The van der Waals surface area contributed by atoms with Gasteiger partial charge in [-0.15, -0.1) is 0 Å². The molecule has 4 saturated heterocycles. The third-order valence-electron chi connectivity index (χ3n) is 7.11. The summed E-state index contributed by atoms with van der Waals surface area (Å²) in [7, 11) is 0. The molecule has 4 aliphatic heterocycles. The minimum absolute atomic E-state index is 0.315.